The molecule has 0 saturated heterocycles. The number of rotatable bonds is 4. The van der Waals surface area contributed by atoms with Gasteiger partial charge in [-0.15, -0.1) is 0 Å². The summed E-state index contributed by atoms with van der Waals surface area (Å²) in [5.74, 6) is 0. The van der Waals surface area contributed by atoms with Gasteiger partial charge >= 0.3 is 0 Å². The van der Waals surface area contributed by atoms with Gasteiger partial charge in [-0.3, -0.25) is 5.32 Å². The van der Waals surface area contributed by atoms with Crippen molar-refractivity contribution in [2.45, 2.75) is 19.8 Å². The molecular weight excluding hydrogens is 170 g/mol. The molecule has 1 aromatic carbocycles. The fraction of sp³-hybridized carbons (Fsp3) is 0.400. The Hall–Kier alpha value is -0.690. The van der Waals surface area contributed by atoms with Gasteiger partial charge in [0.15, 0.2) is 0 Å². The van der Waals surface area contributed by atoms with Gasteiger partial charge in [-0.05, 0) is 30.7 Å². The van der Waals surface area contributed by atoms with Crippen LogP contribution in [0.15, 0.2) is 24.3 Å². The Morgan fingerprint density at radius 3 is 2.50 bits per heavy atom. The molecule has 1 nitrogen and oxygen atoms in total. The second kappa shape index (κ2) is 5.04. The molecule has 0 aliphatic heterocycles. The van der Waals surface area contributed by atoms with Crippen LogP contribution in [0.1, 0.15) is 19.8 Å². The highest BCUT2D eigenvalue weighted by atomic mass is 35.5. The number of nitrogens with zero attached hydrogens (tertiary/aromatic N) is 1. The van der Waals surface area contributed by atoms with E-state index in [1.54, 1.807) is 0 Å². The van der Waals surface area contributed by atoms with Crippen LogP contribution < -0.4 is 5.32 Å². The zero-order valence-electron chi connectivity index (χ0n) is 7.26. The van der Waals surface area contributed by atoms with Crippen LogP contribution in [0.5, 0.6) is 0 Å². The van der Waals surface area contributed by atoms with Crippen LogP contribution in [0, 0.1) is 0 Å². The van der Waals surface area contributed by atoms with Gasteiger partial charge in [-0.25, -0.2) is 0 Å². The predicted molar refractivity (Wildman–Crippen MR) is 53.0 cm³/mol. The lowest BCUT2D eigenvalue weighted by atomic mass is 10.3. The number of benzene rings is 1. The summed E-state index contributed by atoms with van der Waals surface area (Å²) >= 11 is 5.73. The molecule has 12 heavy (non-hydrogen) atoms. The van der Waals surface area contributed by atoms with E-state index in [2.05, 4.69) is 12.2 Å². The smallest absolute Gasteiger partial charge is 0.0575 e. The van der Waals surface area contributed by atoms with Crippen molar-refractivity contribution in [3.05, 3.63) is 29.3 Å². The average Bonchev–Trinajstić information content (AvgIpc) is 2.09. The van der Waals surface area contributed by atoms with E-state index in [0.717, 1.165) is 23.7 Å². The minimum absolute atomic E-state index is 0.768. The Morgan fingerprint density at radius 2 is 1.92 bits per heavy atom. The molecule has 0 atom stereocenters. The monoisotopic (exact) mass is 182 g/mol. The summed E-state index contributed by atoms with van der Waals surface area (Å²) in [4.78, 5) is 0. The van der Waals surface area contributed by atoms with E-state index in [0.29, 0.717) is 0 Å². The van der Waals surface area contributed by atoms with Gasteiger partial charge in [0.25, 0.3) is 0 Å². The molecule has 1 rings (SSSR count). The van der Waals surface area contributed by atoms with Crippen LogP contribution in [0.4, 0.5) is 5.69 Å². The van der Waals surface area contributed by atoms with E-state index in [9.17, 15) is 0 Å². The van der Waals surface area contributed by atoms with Crippen molar-refractivity contribution in [1.29, 1.82) is 0 Å². The van der Waals surface area contributed by atoms with Gasteiger partial charge < -0.3 is 0 Å². The summed E-state index contributed by atoms with van der Waals surface area (Å²) < 4.78 is 0. The molecule has 0 spiro atoms. The van der Waals surface area contributed by atoms with E-state index in [4.69, 9.17) is 11.6 Å². The zero-order chi connectivity index (χ0) is 8.81. The molecule has 0 bridgehead atoms. The molecule has 0 amide bonds. The quantitative estimate of drug-likeness (QED) is 0.634. The summed E-state index contributed by atoms with van der Waals surface area (Å²) in [6.45, 7) is 3.08. The normalized spacial score (nSPS) is 9.83. The first-order valence-corrected chi connectivity index (χ1v) is 4.64. The van der Waals surface area contributed by atoms with E-state index < -0.39 is 0 Å². The van der Waals surface area contributed by atoms with Crippen molar-refractivity contribution in [2.24, 2.45) is 0 Å². The molecule has 0 aromatic heterocycles. The zero-order valence-corrected chi connectivity index (χ0v) is 8.01. The molecule has 0 unspecified atom stereocenters. The number of hydrogen-bond acceptors (Lipinski definition) is 0. The molecule has 0 aliphatic rings. The van der Waals surface area contributed by atoms with Crippen molar-refractivity contribution in [2.75, 3.05) is 6.54 Å². The van der Waals surface area contributed by atoms with Crippen LogP contribution in [0.3, 0.4) is 0 Å². The van der Waals surface area contributed by atoms with E-state index >= 15 is 0 Å². The van der Waals surface area contributed by atoms with Crippen molar-refractivity contribution in [3.63, 3.8) is 0 Å². The molecule has 0 fully saturated rings. The van der Waals surface area contributed by atoms with E-state index in [1.165, 1.54) is 6.42 Å². The van der Waals surface area contributed by atoms with E-state index in [-0.39, 0.29) is 0 Å². The number of unbranched alkanes of at least 4 members (excludes halogenated alkanes) is 1. The van der Waals surface area contributed by atoms with Crippen molar-refractivity contribution in [1.82, 2.24) is 5.32 Å². The van der Waals surface area contributed by atoms with Crippen LogP contribution in [-0.4, -0.2) is 6.54 Å². The molecule has 0 N–H and O–H groups in total. The van der Waals surface area contributed by atoms with Crippen molar-refractivity contribution < 1.29 is 0 Å². The Kier molecular flexibility index (Phi) is 3.95. The molecule has 1 aromatic rings. The predicted octanol–water partition coefficient (Wildman–Crippen LogP) is 3.38. The highest BCUT2D eigenvalue weighted by Gasteiger charge is 1.92. The number of halogens is 1. The number of hydrogen-bond donors (Lipinski definition) is 0. The highest BCUT2D eigenvalue weighted by Crippen LogP contribution is 2.13. The molecular formula is C10H13ClN. The van der Waals surface area contributed by atoms with E-state index in [1.807, 2.05) is 24.3 Å². The third kappa shape index (κ3) is 3.14. The maximum Gasteiger partial charge on any atom is 0.0575 e. The van der Waals surface area contributed by atoms with Gasteiger partial charge in [-0.2, -0.15) is 0 Å². The van der Waals surface area contributed by atoms with Crippen LogP contribution in [0.25, 0.3) is 0 Å². The lowest BCUT2D eigenvalue weighted by Gasteiger charge is -2.00. The largest absolute Gasteiger partial charge is 0.285 e. The highest BCUT2D eigenvalue weighted by molar-refractivity contribution is 6.30. The van der Waals surface area contributed by atoms with Crippen molar-refractivity contribution >= 4 is 17.3 Å². The van der Waals surface area contributed by atoms with Gasteiger partial charge in [0.05, 0.1) is 5.69 Å². The first-order chi connectivity index (χ1) is 5.83. The summed E-state index contributed by atoms with van der Waals surface area (Å²) in [7, 11) is 0. The second-order valence-corrected chi connectivity index (χ2v) is 3.15. The third-order valence-corrected chi connectivity index (χ3v) is 1.88. The molecule has 65 valence electrons. The SMILES string of the molecule is CCCC[N]c1ccc(Cl)cc1. The second-order valence-electron chi connectivity index (χ2n) is 2.71. The fourth-order valence-electron chi connectivity index (χ4n) is 0.913. The lowest BCUT2D eigenvalue weighted by Crippen LogP contribution is -1.98. The fourth-order valence-corrected chi connectivity index (χ4v) is 1.04. The Morgan fingerprint density at radius 1 is 1.25 bits per heavy atom. The van der Waals surface area contributed by atoms with Crippen LogP contribution >= 0.6 is 11.6 Å². The topological polar surface area (TPSA) is 14.1 Å². The van der Waals surface area contributed by atoms with Gasteiger partial charge in [0.1, 0.15) is 0 Å². The maximum absolute atomic E-state index is 5.73. The first-order valence-electron chi connectivity index (χ1n) is 4.26. The van der Waals surface area contributed by atoms with Crippen molar-refractivity contribution in [3.8, 4) is 0 Å². The minimum Gasteiger partial charge on any atom is -0.285 e. The van der Waals surface area contributed by atoms with Gasteiger partial charge in [-0.1, -0.05) is 24.9 Å². The molecule has 2 heteroatoms. The summed E-state index contributed by atoms with van der Waals surface area (Å²) in [6.07, 6.45) is 2.35. The average molecular weight is 183 g/mol. The molecule has 0 heterocycles. The van der Waals surface area contributed by atoms with Crippen LogP contribution in [-0.2, 0) is 0 Å². The molecule has 1 radical (unpaired) electrons. The van der Waals surface area contributed by atoms with Gasteiger partial charge in [0.2, 0.25) is 0 Å². The van der Waals surface area contributed by atoms with Crippen LogP contribution in [0.2, 0.25) is 5.02 Å². The summed E-state index contributed by atoms with van der Waals surface area (Å²) in [5.41, 5.74) is 1.02. The lowest BCUT2D eigenvalue weighted by molar-refractivity contribution is 0.732. The third-order valence-electron chi connectivity index (χ3n) is 1.63. The minimum atomic E-state index is 0.768. The first kappa shape index (κ1) is 9.40. The molecule has 0 saturated carbocycles. The maximum atomic E-state index is 5.73. The summed E-state index contributed by atoms with van der Waals surface area (Å²) in [6, 6.07) is 7.62. The Balaban J connectivity index is 2.37. The Labute approximate surface area is 78.7 Å². The Bertz CT molecular complexity index is 218. The van der Waals surface area contributed by atoms with Gasteiger partial charge in [0, 0.05) is 11.6 Å². The molecule has 0 aliphatic carbocycles. The standard InChI is InChI=1S/C10H13ClN/c1-2-3-8-12-10-6-4-9(11)5-7-10/h4-7H,2-3,8H2,1H3. The summed E-state index contributed by atoms with van der Waals surface area (Å²) in [5, 5.41) is 5.15.